The van der Waals surface area contributed by atoms with Crippen molar-refractivity contribution in [2.24, 2.45) is 0 Å². The van der Waals surface area contributed by atoms with Crippen molar-refractivity contribution in [1.82, 2.24) is 10.3 Å². The average molecular weight is 551 g/mol. The molecule has 0 aliphatic rings. The highest BCUT2D eigenvalue weighted by Gasteiger charge is 2.22. The van der Waals surface area contributed by atoms with Gasteiger partial charge in [-0.25, -0.2) is 4.79 Å². The largest absolute Gasteiger partial charge is 0.467 e. The van der Waals surface area contributed by atoms with Crippen molar-refractivity contribution in [2.45, 2.75) is 51.0 Å². The lowest BCUT2D eigenvalue weighted by Gasteiger charge is -2.17. The fraction of sp³-hybridized carbons (Fsp3) is 0.417. The SMILES string of the molecule is COC(=O)[C@H](Cc1ccc(NC(=O)CCCCCCCI)cc1)NC(=O)c1cccnc1. The molecule has 172 valence electrons. The number of pyridine rings is 1. The molecule has 0 saturated heterocycles. The number of carbonyl (C=O) groups is 3. The van der Waals surface area contributed by atoms with Gasteiger partial charge in [0.05, 0.1) is 12.7 Å². The molecule has 2 rings (SSSR count). The summed E-state index contributed by atoms with van der Waals surface area (Å²) in [7, 11) is 1.29. The number of methoxy groups -OCH3 is 1. The maximum absolute atomic E-state index is 12.4. The highest BCUT2D eigenvalue weighted by Crippen LogP contribution is 2.14. The quantitative estimate of drug-likeness (QED) is 0.167. The summed E-state index contributed by atoms with van der Waals surface area (Å²) in [4.78, 5) is 40.6. The Balaban J connectivity index is 1.86. The van der Waals surface area contributed by atoms with Crippen LogP contribution in [-0.2, 0) is 20.7 Å². The fourth-order valence-corrected chi connectivity index (χ4v) is 3.71. The van der Waals surface area contributed by atoms with Crippen LogP contribution in [0.25, 0.3) is 0 Å². The second-order valence-electron chi connectivity index (χ2n) is 7.45. The zero-order chi connectivity index (χ0) is 23.2. The summed E-state index contributed by atoms with van der Waals surface area (Å²) < 4.78 is 6.03. The Labute approximate surface area is 202 Å². The van der Waals surface area contributed by atoms with Gasteiger partial charge >= 0.3 is 5.97 Å². The third-order valence-corrected chi connectivity index (χ3v) is 5.69. The third-order valence-electron chi connectivity index (χ3n) is 4.93. The number of nitrogens with zero attached hydrogens (tertiary/aromatic N) is 1. The number of anilines is 1. The first-order valence-corrected chi connectivity index (χ1v) is 12.3. The van der Waals surface area contributed by atoms with Crippen LogP contribution in [-0.4, -0.2) is 40.3 Å². The molecule has 0 bridgehead atoms. The molecule has 1 atom stereocenters. The number of ether oxygens (including phenoxy) is 1. The van der Waals surface area contributed by atoms with E-state index in [9.17, 15) is 14.4 Å². The van der Waals surface area contributed by atoms with E-state index < -0.39 is 17.9 Å². The Hall–Kier alpha value is -2.49. The number of benzene rings is 1. The van der Waals surface area contributed by atoms with E-state index in [1.807, 2.05) is 12.1 Å². The normalized spacial score (nSPS) is 11.4. The smallest absolute Gasteiger partial charge is 0.328 e. The molecule has 2 N–H and O–H groups in total. The van der Waals surface area contributed by atoms with Crippen LogP contribution in [0.1, 0.15) is 54.4 Å². The number of aromatic nitrogens is 1. The molecule has 0 spiro atoms. The van der Waals surface area contributed by atoms with E-state index in [0.29, 0.717) is 17.7 Å². The number of carbonyl (C=O) groups excluding carboxylic acids is 3. The Morgan fingerprint density at radius 2 is 1.75 bits per heavy atom. The molecule has 32 heavy (non-hydrogen) atoms. The van der Waals surface area contributed by atoms with Gasteiger partial charge in [0.15, 0.2) is 0 Å². The molecular weight excluding hydrogens is 521 g/mol. The van der Waals surface area contributed by atoms with E-state index in [0.717, 1.165) is 18.4 Å². The molecular formula is C24H30IN3O4. The summed E-state index contributed by atoms with van der Waals surface area (Å²) in [5.41, 5.74) is 1.90. The van der Waals surface area contributed by atoms with Gasteiger partial charge in [0.2, 0.25) is 5.91 Å². The number of halogens is 1. The van der Waals surface area contributed by atoms with Gasteiger partial charge in [-0.1, -0.05) is 54.0 Å². The summed E-state index contributed by atoms with van der Waals surface area (Å²) in [6.07, 6.45) is 9.38. The summed E-state index contributed by atoms with van der Waals surface area (Å²) >= 11 is 2.38. The first-order chi connectivity index (χ1) is 15.5. The first-order valence-electron chi connectivity index (χ1n) is 10.8. The number of amides is 2. The molecule has 0 saturated carbocycles. The minimum Gasteiger partial charge on any atom is -0.467 e. The number of esters is 1. The molecule has 1 aromatic heterocycles. The summed E-state index contributed by atoms with van der Waals surface area (Å²) in [6, 6.07) is 9.69. The maximum atomic E-state index is 12.4. The van der Waals surface area contributed by atoms with Crippen molar-refractivity contribution in [2.75, 3.05) is 16.9 Å². The summed E-state index contributed by atoms with van der Waals surface area (Å²) in [6.45, 7) is 0. The lowest BCUT2D eigenvalue weighted by atomic mass is 10.0. The fourth-order valence-electron chi connectivity index (χ4n) is 3.17. The van der Waals surface area contributed by atoms with E-state index in [4.69, 9.17) is 4.74 Å². The molecule has 0 fully saturated rings. The molecule has 1 aromatic carbocycles. The van der Waals surface area contributed by atoms with Gasteiger partial charge in [-0.2, -0.15) is 0 Å². The van der Waals surface area contributed by atoms with Gasteiger partial charge in [-0.05, 0) is 47.1 Å². The van der Waals surface area contributed by atoms with Crippen molar-refractivity contribution in [3.05, 3.63) is 59.9 Å². The lowest BCUT2D eigenvalue weighted by molar-refractivity contribution is -0.142. The number of unbranched alkanes of at least 4 members (excludes halogenated alkanes) is 4. The number of hydrogen-bond donors (Lipinski definition) is 2. The van der Waals surface area contributed by atoms with E-state index in [1.54, 1.807) is 30.5 Å². The molecule has 7 nitrogen and oxygen atoms in total. The second-order valence-corrected chi connectivity index (χ2v) is 8.53. The lowest BCUT2D eigenvalue weighted by Crippen LogP contribution is -2.43. The maximum Gasteiger partial charge on any atom is 0.328 e. The van der Waals surface area contributed by atoms with E-state index >= 15 is 0 Å². The Morgan fingerprint density at radius 1 is 1.03 bits per heavy atom. The minimum atomic E-state index is -0.833. The summed E-state index contributed by atoms with van der Waals surface area (Å²) in [5, 5.41) is 5.60. The van der Waals surface area contributed by atoms with Gasteiger partial charge in [0.1, 0.15) is 6.04 Å². The zero-order valence-electron chi connectivity index (χ0n) is 18.3. The third kappa shape index (κ3) is 9.33. The number of rotatable bonds is 13. The zero-order valence-corrected chi connectivity index (χ0v) is 20.5. The Kier molecular flexibility index (Phi) is 11.7. The van der Waals surface area contributed by atoms with E-state index in [1.165, 1.54) is 37.0 Å². The highest BCUT2D eigenvalue weighted by atomic mass is 127. The molecule has 0 unspecified atom stereocenters. The topological polar surface area (TPSA) is 97.4 Å². The van der Waals surface area contributed by atoms with Gasteiger partial charge < -0.3 is 15.4 Å². The number of hydrogen-bond acceptors (Lipinski definition) is 5. The molecule has 2 amide bonds. The Bertz CT molecular complexity index is 859. The van der Waals surface area contributed by atoms with Crippen molar-refractivity contribution < 1.29 is 19.1 Å². The monoisotopic (exact) mass is 551 g/mol. The van der Waals surface area contributed by atoms with Crippen LogP contribution in [0.15, 0.2) is 48.8 Å². The molecule has 0 radical (unpaired) electrons. The predicted octanol–water partition coefficient (Wildman–Crippen LogP) is 4.31. The summed E-state index contributed by atoms with van der Waals surface area (Å²) in [5.74, 6) is -0.924. The number of nitrogens with one attached hydrogen (secondary N) is 2. The first kappa shape index (κ1) is 25.8. The van der Waals surface area contributed by atoms with Gasteiger partial charge in [-0.3, -0.25) is 14.6 Å². The van der Waals surface area contributed by atoms with Crippen molar-refractivity contribution >= 4 is 46.1 Å². The van der Waals surface area contributed by atoms with Gasteiger partial charge in [-0.15, -0.1) is 0 Å². The standard InChI is InChI=1S/C24H30IN3O4/c1-32-24(31)21(28-23(30)19-8-7-15-26-17-19)16-18-10-12-20(13-11-18)27-22(29)9-5-3-2-4-6-14-25/h7-8,10-13,15,17,21H,2-6,9,14,16H2,1H3,(H,27,29)(H,28,30)/t21-/m0/s1. The average Bonchev–Trinajstić information content (AvgIpc) is 2.82. The van der Waals surface area contributed by atoms with E-state index in [2.05, 4.69) is 38.2 Å². The molecule has 1 heterocycles. The second kappa shape index (κ2) is 14.5. The van der Waals surface area contributed by atoms with Crippen LogP contribution in [0.3, 0.4) is 0 Å². The van der Waals surface area contributed by atoms with Crippen molar-refractivity contribution in [3.63, 3.8) is 0 Å². The van der Waals surface area contributed by atoms with Crippen LogP contribution >= 0.6 is 22.6 Å². The predicted molar refractivity (Wildman–Crippen MR) is 133 cm³/mol. The van der Waals surface area contributed by atoms with Crippen LogP contribution in [0.5, 0.6) is 0 Å². The minimum absolute atomic E-state index is 0.00260. The van der Waals surface area contributed by atoms with Crippen LogP contribution < -0.4 is 10.6 Å². The molecule has 8 heteroatoms. The molecule has 0 aliphatic heterocycles. The van der Waals surface area contributed by atoms with Crippen LogP contribution in [0, 0.1) is 0 Å². The van der Waals surface area contributed by atoms with Gasteiger partial charge in [0, 0.05) is 30.9 Å². The van der Waals surface area contributed by atoms with Crippen molar-refractivity contribution in [1.29, 1.82) is 0 Å². The van der Waals surface area contributed by atoms with Crippen LogP contribution in [0.4, 0.5) is 5.69 Å². The Morgan fingerprint density at radius 3 is 2.41 bits per heavy atom. The van der Waals surface area contributed by atoms with E-state index in [-0.39, 0.29) is 12.3 Å². The van der Waals surface area contributed by atoms with Crippen molar-refractivity contribution in [3.8, 4) is 0 Å². The van der Waals surface area contributed by atoms with Crippen LogP contribution in [0.2, 0.25) is 0 Å². The van der Waals surface area contributed by atoms with Gasteiger partial charge in [0.25, 0.3) is 5.91 Å². The molecule has 0 aliphatic carbocycles. The number of alkyl halides is 1. The molecule has 2 aromatic rings. The highest BCUT2D eigenvalue weighted by molar-refractivity contribution is 14.1.